The molecule has 2 atom stereocenters. The van der Waals surface area contributed by atoms with Crippen molar-refractivity contribution in [2.75, 3.05) is 32.9 Å². The van der Waals surface area contributed by atoms with Gasteiger partial charge in [-0.15, -0.1) is 0 Å². The third kappa shape index (κ3) is 9.34. The van der Waals surface area contributed by atoms with Gasteiger partial charge in [-0.3, -0.25) is 10.1 Å². The second kappa shape index (κ2) is 14.2. The van der Waals surface area contributed by atoms with E-state index in [9.17, 15) is 14.9 Å². The van der Waals surface area contributed by atoms with Crippen LogP contribution in [0.25, 0.3) is 0 Å². The standard InChI is InChI=1S/C27H39N5O4/c1-6-14-36-26(34)31-25(32-12-15-35-16-13-32)30-23(18-27(4,5)20(2)3)24(33)29-22(19-28)17-21-10-8-7-9-11-21/h6-11,20,22-23H,1,12-18H2,2-5H3,(H,29,33)(H,30,31,34). The molecule has 1 aliphatic heterocycles. The van der Waals surface area contributed by atoms with Crippen LogP contribution in [-0.4, -0.2) is 67.9 Å². The number of aliphatic imine (C=N–C) groups is 1. The quantitative estimate of drug-likeness (QED) is 0.291. The predicted octanol–water partition coefficient (Wildman–Crippen LogP) is 3.28. The number of hydrogen-bond donors (Lipinski definition) is 2. The van der Waals surface area contributed by atoms with Crippen molar-refractivity contribution in [2.24, 2.45) is 16.3 Å². The number of carbonyl (C=O) groups excluding carboxylic acids is 2. The maximum Gasteiger partial charge on any atom is 0.414 e. The lowest BCUT2D eigenvalue weighted by Gasteiger charge is -2.34. The average Bonchev–Trinajstić information content (AvgIpc) is 2.87. The van der Waals surface area contributed by atoms with E-state index in [0.717, 1.165) is 5.56 Å². The minimum Gasteiger partial charge on any atom is -0.445 e. The number of morpholine rings is 1. The van der Waals surface area contributed by atoms with Gasteiger partial charge < -0.3 is 19.7 Å². The molecule has 9 heteroatoms. The van der Waals surface area contributed by atoms with Gasteiger partial charge in [0.2, 0.25) is 11.9 Å². The van der Waals surface area contributed by atoms with Gasteiger partial charge in [-0.05, 0) is 23.3 Å². The summed E-state index contributed by atoms with van der Waals surface area (Å²) in [5.74, 6) is 0.165. The third-order valence-corrected chi connectivity index (χ3v) is 6.47. The van der Waals surface area contributed by atoms with Gasteiger partial charge in [-0.2, -0.15) is 5.26 Å². The summed E-state index contributed by atoms with van der Waals surface area (Å²) >= 11 is 0. The summed E-state index contributed by atoms with van der Waals surface area (Å²) in [7, 11) is 0. The number of rotatable bonds is 10. The molecule has 36 heavy (non-hydrogen) atoms. The second-order valence-corrected chi connectivity index (χ2v) is 9.81. The van der Waals surface area contributed by atoms with Crippen molar-refractivity contribution in [3.8, 4) is 6.07 Å². The molecule has 1 aliphatic rings. The van der Waals surface area contributed by atoms with Crippen LogP contribution in [0.1, 0.15) is 39.7 Å². The first-order valence-corrected chi connectivity index (χ1v) is 12.4. The van der Waals surface area contributed by atoms with Crippen molar-refractivity contribution in [2.45, 2.75) is 52.6 Å². The number of alkyl carbamates (subject to hydrolysis) is 1. The summed E-state index contributed by atoms with van der Waals surface area (Å²) in [6.07, 6.45) is 1.61. The minimum atomic E-state index is -0.827. The number of guanidine groups is 1. The molecular formula is C27H39N5O4. The van der Waals surface area contributed by atoms with Gasteiger partial charge in [0.05, 0.1) is 19.3 Å². The van der Waals surface area contributed by atoms with Crippen molar-refractivity contribution in [3.05, 3.63) is 48.6 Å². The van der Waals surface area contributed by atoms with E-state index in [4.69, 9.17) is 14.5 Å². The lowest BCUT2D eigenvalue weighted by atomic mass is 9.76. The molecule has 0 saturated carbocycles. The molecule has 1 aromatic carbocycles. The Bertz CT molecular complexity index is 933. The molecule has 0 bridgehead atoms. The number of nitriles is 1. The Labute approximate surface area is 214 Å². The number of carbonyl (C=O) groups is 2. The first-order chi connectivity index (χ1) is 17.2. The van der Waals surface area contributed by atoms with Gasteiger partial charge in [0.1, 0.15) is 18.7 Å². The largest absolute Gasteiger partial charge is 0.445 e. The summed E-state index contributed by atoms with van der Waals surface area (Å²) in [5.41, 5.74) is 0.722. The zero-order chi connectivity index (χ0) is 26.6. The highest BCUT2D eigenvalue weighted by Crippen LogP contribution is 2.32. The number of nitrogens with zero attached hydrogens (tertiary/aromatic N) is 3. The maximum absolute atomic E-state index is 13.5. The number of benzene rings is 1. The molecule has 0 aromatic heterocycles. The van der Waals surface area contributed by atoms with Crippen LogP contribution in [-0.2, 0) is 20.7 Å². The minimum absolute atomic E-state index is 0.0514. The Morgan fingerprint density at radius 3 is 2.53 bits per heavy atom. The number of amides is 2. The molecule has 0 spiro atoms. The molecule has 2 N–H and O–H groups in total. The molecule has 2 rings (SSSR count). The van der Waals surface area contributed by atoms with E-state index in [1.165, 1.54) is 6.08 Å². The van der Waals surface area contributed by atoms with Crippen molar-refractivity contribution in [1.29, 1.82) is 5.26 Å². The molecule has 1 heterocycles. The van der Waals surface area contributed by atoms with Crippen LogP contribution in [0.2, 0.25) is 0 Å². The Kier molecular flexibility index (Phi) is 11.4. The molecule has 1 saturated heterocycles. The topological polar surface area (TPSA) is 116 Å². The normalized spacial score (nSPS) is 16.0. The highest BCUT2D eigenvalue weighted by molar-refractivity contribution is 5.96. The van der Waals surface area contributed by atoms with Crippen LogP contribution in [0.4, 0.5) is 4.79 Å². The highest BCUT2D eigenvalue weighted by atomic mass is 16.5. The molecule has 0 aliphatic carbocycles. The Balaban J connectivity index is 2.33. The van der Waals surface area contributed by atoms with E-state index in [2.05, 4.69) is 51.0 Å². The Morgan fingerprint density at radius 2 is 1.94 bits per heavy atom. The average molecular weight is 498 g/mol. The van der Waals surface area contributed by atoms with Crippen molar-refractivity contribution in [1.82, 2.24) is 15.5 Å². The first kappa shape index (κ1) is 28.9. The third-order valence-electron chi connectivity index (χ3n) is 6.47. The van der Waals surface area contributed by atoms with Crippen molar-refractivity contribution >= 4 is 18.0 Å². The van der Waals surface area contributed by atoms with Gasteiger partial charge in [0.25, 0.3) is 0 Å². The molecule has 2 unspecified atom stereocenters. The summed E-state index contributed by atoms with van der Waals surface area (Å²) in [5, 5.41) is 15.3. The molecule has 2 amide bonds. The lowest BCUT2D eigenvalue weighted by Crippen LogP contribution is -2.51. The number of ether oxygens (including phenoxy) is 2. The maximum atomic E-state index is 13.5. The first-order valence-electron chi connectivity index (χ1n) is 12.4. The van der Waals surface area contributed by atoms with Gasteiger partial charge in [0, 0.05) is 19.5 Å². The predicted molar refractivity (Wildman–Crippen MR) is 139 cm³/mol. The summed E-state index contributed by atoms with van der Waals surface area (Å²) < 4.78 is 10.5. The molecule has 1 fully saturated rings. The summed E-state index contributed by atoms with van der Waals surface area (Å²) in [6.45, 7) is 13.9. The van der Waals surface area contributed by atoms with Gasteiger partial charge >= 0.3 is 6.09 Å². The fourth-order valence-electron chi connectivity index (χ4n) is 3.56. The van der Waals surface area contributed by atoms with Crippen LogP contribution in [0, 0.1) is 22.7 Å². The molecule has 0 radical (unpaired) electrons. The summed E-state index contributed by atoms with van der Waals surface area (Å²) in [6, 6.07) is 10.2. The smallest absolute Gasteiger partial charge is 0.414 e. The molecular weight excluding hydrogens is 458 g/mol. The van der Waals surface area contributed by atoms with E-state index < -0.39 is 18.2 Å². The molecule has 196 valence electrons. The zero-order valence-corrected chi connectivity index (χ0v) is 21.8. The van der Waals surface area contributed by atoms with Gasteiger partial charge in [-0.1, -0.05) is 70.7 Å². The zero-order valence-electron chi connectivity index (χ0n) is 21.8. The van der Waals surface area contributed by atoms with Crippen LogP contribution >= 0.6 is 0 Å². The van der Waals surface area contributed by atoms with E-state index >= 15 is 0 Å². The summed E-state index contributed by atoms with van der Waals surface area (Å²) in [4.78, 5) is 32.5. The van der Waals surface area contributed by atoms with E-state index in [0.29, 0.717) is 39.1 Å². The number of hydrogen-bond acceptors (Lipinski definition) is 6. The van der Waals surface area contributed by atoms with Gasteiger partial charge in [0.15, 0.2) is 0 Å². The fraction of sp³-hybridized carbons (Fsp3) is 0.556. The highest BCUT2D eigenvalue weighted by Gasteiger charge is 2.32. The Morgan fingerprint density at radius 1 is 1.28 bits per heavy atom. The van der Waals surface area contributed by atoms with Gasteiger partial charge in [-0.25, -0.2) is 9.79 Å². The SMILES string of the molecule is C=CCOC(=O)NC(=NC(CC(C)(C)C(C)C)C(=O)NC(C#N)Cc1ccccc1)N1CCOCC1. The van der Waals surface area contributed by atoms with Crippen LogP contribution in [0.3, 0.4) is 0 Å². The van der Waals surface area contributed by atoms with Crippen LogP contribution in [0.15, 0.2) is 48.0 Å². The Hall–Kier alpha value is -3.38. The molecule has 1 aromatic rings. The van der Waals surface area contributed by atoms with E-state index in [1.54, 1.807) is 0 Å². The van der Waals surface area contributed by atoms with Crippen molar-refractivity contribution in [3.63, 3.8) is 0 Å². The fourth-order valence-corrected chi connectivity index (χ4v) is 3.56. The van der Waals surface area contributed by atoms with Crippen LogP contribution in [0.5, 0.6) is 0 Å². The van der Waals surface area contributed by atoms with Crippen LogP contribution < -0.4 is 10.6 Å². The monoisotopic (exact) mass is 497 g/mol. The molecule has 9 nitrogen and oxygen atoms in total. The number of nitrogens with one attached hydrogen (secondary N) is 2. The van der Waals surface area contributed by atoms with E-state index in [1.807, 2.05) is 35.2 Å². The van der Waals surface area contributed by atoms with E-state index in [-0.39, 0.29) is 29.8 Å². The lowest BCUT2D eigenvalue weighted by molar-refractivity contribution is -0.123. The van der Waals surface area contributed by atoms with Crippen molar-refractivity contribution < 1.29 is 19.1 Å². The second-order valence-electron chi connectivity index (χ2n) is 9.81.